The highest BCUT2D eigenvalue weighted by molar-refractivity contribution is 5.94. The second kappa shape index (κ2) is 7.19. The minimum absolute atomic E-state index is 0.0978. The third-order valence-corrected chi connectivity index (χ3v) is 3.62. The third kappa shape index (κ3) is 4.26. The molecule has 8 nitrogen and oxygen atoms in total. The molecule has 0 aromatic heterocycles. The van der Waals surface area contributed by atoms with Gasteiger partial charge in [-0.2, -0.15) is 0 Å². The molecule has 0 bridgehead atoms. The van der Waals surface area contributed by atoms with Crippen LogP contribution in [0.5, 0.6) is 11.5 Å². The molecule has 0 spiro atoms. The first-order valence-corrected chi connectivity index (χ1v) is 7.52. The van der Waals surface area contributed by atoms with Gasteiger partial charge < -0.3 is 30.2 Å². The van der Waals surface area contributed by atoms with E-state index < -0.39 is 0 Å². The Labute approximate surface area is 133 Å². The van der Waals surface area contributed by atoms with Crippen molar-refractivity contribution in [3.05, 3.63) is 18.2 Å². The molecule has 1 aromatic rings. The Morgan fingerprint density at radius 3 is 2.74 bits per heavy atom. The first-order valence-electron chi connectivity index (χ1n) is 7.52. The molecule has 2 heterocycles. The molecule has 124 valence electrons. The number of fused-ring (bicyclic) bond motifs is 1. The SMILES string of the molecule is O=C(CNC(=O)NC1CCOCC1)Nc1ccc2c(c1)OCO2. The number of amides is 3. The Kier molecular flexibility index (Phi) is 4.82. The third-order valence-electron chi connectivity index (χ3n) is 3.62. The lowest BCUT2D eigenvalue weighted by molar-refractivity contribution is -0.115. The van der Waals surface area contributed by atoms with Crippen LogP contribution in [-0.4, -0.2) is 44.5 Å². The fraction of sp³-hybridized carbons (Fsp3) is 0.467. The molecule has 0 saturated carbocycles. The Hall–Kier alpha value is -2.48. The van der Waals surface area contributed by atoms with Gasteiger partial charge in [0.15, 0.2) is 11.5 Å². The van der Waals surface area contributed by atoms with Crippen LogP contribution in [0.4, 0.5) is 10.5 Å². The monoisotopic (exact) mass is 321 g/mol. The molecule has 0 radical (unpaired) electrons. The molecular formula is C15H19N3O5. The van der Waals surface area contributed by atoms with E-state index >= 15 is 0 Å². The number of ether oxygens (including phenoxy) is 3. The topological polar surface area (TPSA) is 97.9 Å². The fourth-order valence-corrected chi connectivity index (χ4v) is 2.42. The standard InChI is InChI=1S/C15H19N3O5/c19-14(8-16-15(20)18-10-3-5-21-6-4-10)17-11-1-2-12-13(7-11)23-9-22-12/h1-2,7,10H,3-6,8-9H2,(H,17,19)(H2,16,18,20). The number of urea groups is 1. The highest BCUT2D eigenvalue weighted by atomic mass is 16.7. The van der Waals surface area contributed by atoms with Crippen LogP contribution in [0.1, 0.15) is 12.8 Å². The van der Waals surface area contributed by atoms with E-state index in [0.29, 0.717) is 30.4 Å². The molecule has 1 fully saturated rings. The molecular weight excluding hydrogens is 302 g/mol. The number of nitrogens with one attached hydrogen (secondary N) is 3. The van der Waals surface area contributed by atoms with E-state index in [-0.39, 0.29) is 31.3 Å². The second-order valence-electron chi connectivity index (χ2n) is 5.33. The van der Waals surface area contributed by atoms with E-state index in [4.69, 9.17) is 14.2 Å². The number of anilines is 1. The van der Waals surface area contributed by atoms with E-state index in [1.807, 2.05) is 0 Å². The summed E-state index contributed by atoms with van der Waals surface area (Å²) in [6.45, 7) is 1.37. The van der Waals surface area contributed by atoms with Gasteiger partial charge in [-0.15, -0.1) is 0 Å². The summed E-state index contributed by atoms with van der Waals surface area (Å²) in [4.78, 5) is 23.6. The van der Waals surface area contributed by atoms with Gasteiger partial charge in [0.2, 0.25) is 12.7 Å². The van der Waals surface area contributed by atoms with Gasteiger partial charge in [0.25, 0.3) is 0 Å². The Morgan fingerprint density at radius 1 is 1.13 bits per heavy atom. The number of rotatable bonds is 4. The zero-order valence-corrected chi connectivity index (χ0v) is 12.6. The summed E-state index contributed by atoms with van der Waals surface area (Å²) in [5, 5.41) is 8.06. The van der Waals surface area contributed by atoms with Crippen LogP contribution in [-0.2, 0) is 9.53 Å². The van der Waals surface area contributed by atoms with Crippen LogP contribution in [0, 0.1) is 0 Å². The van der Waals surface area contributed by atoms with Gasteiger partial charge in [-0.25, -0.2) is 4.79 Å². The molecule has 3 rings (SSSR count). The van der Waals surface area contributed by atoms with E-state index in [9.17, 15) is 9.59 Å². The number of carbonyl (C=O) groups is 2. The minimum Gasteiger partial charge on any atom is -0.454 e. The van der Waals surface area contributed by atoms with Crippen LogP contribution in [0.2, 0.25) is 0 Å². The van der Waals surface area contributed by atoms with Crippen molar-refractivity contribution in [2.75, 3.05) is 31.9 Å². The largest absolute Gasteiger partial charge is 0.454 e. The van der Waals surface area contributed by atoms with Crippen molar-refractivity contribution in [3.8, 4) is 11.5 Å². The van der Waals surface area contributed by atoms with Gasteiger partial charge in [-0.3, -0.25) is 4.79 Å². The van der Waals surface area contributed by atoms with Crippen LogP contribution < -0.4 is 25.4 Å². The average molecular weight is 321 g/mol. The summed E-state index contributed by atoms with van der Waals surface area (Å²) < 4.78 is 15.7. The first-order chi connectivity index (χ1) is 11.2. The summed E-state index contributed by atoms with van der Waals surface area (Å²) in [6.07, 6.45) is 1.58. The number of carbonyl (C=O) groups excluding carboxylic acids is 2. The van der Waals surface area contributed by atoms with Gasteiger partial charge in [-0.1, -0.05) is 0 Å². The van der Waals surface area contributed by atoms with Crippen molar-refractivity contribution in [1.82, 2.24) is 10.6 Å². The fourth-order valence-electron chi connectivity index (χ4n) is 2.42. The Morgan fingerprint density at radius 2 is 1.91 bits per heavy atom. The summed E-state index contributed by atoms with van der Waals surface area (Å²) >= 11 is 0. The van der Waals surface area contributed by atoms with Crippen LogP contribution in [0.25, 0.3) is 0 Å². The van der Waals surface area contributed by atoms with Crippen molar-refractivity contribution in [1.29, 1.82) is 0 Å². The van der Waals surface area contributed by atoms with E-state index in [1.165, 1.54) is 0 Å². The lowest BCUT2D eigenvalue weighted by Gasteiger charge is -2.23. The summed E-state index contributed by atoms with van der Waals surface area (Å²) in [7, 11) is 0. The Bertz CT molecular complexity index is 586. The van der Waals surface area contributed by atoms with Crippen LogP contribution >= 0.6 is 0 Å². The molecule has 8 heteroatoms. The summed E-state index contributed by atoms with van der Waals surface area (Å²) in [6, 6.07) is 4.87. The van der Waals surface area contributed by atoms with Crippen LogP contribution in [0.3, 0.4) is 0 Å². The minimum atomic E-state index is -0.349. The number of hydrogen-bond acceptors (Lipinski definition) is 5. The van der Waals surface area contributed by atoms with Crippen molar-refractivity contribution >= 4 is 17.6 Å². The molecule has 0 unspecified atom stereocenters. The highest BCUT2D eigenvalue weighted by Gasteiger charge is 2.17. The zero-order chi connectivity index (χ0) is 16.1. The van der Waals surface area contributed by atoms with E-state index in [2.05, 4.69) is 16.0 Å². The maximum atomic E-state index is 11.9. The Balaban J connectivity index is 1.41. The molecule has 2 aliphatic rings. The maximum Gasteiger partial charge on any atom is 0.315 e. The smallest absolute Gasteiger partial charge is 0.315 e. The zero-order valence-electron chi connectivity index (χ0n) is 12.6. The summed E-state index contributed by atoms with van der Waals surface area (Å²) in [5.74, 6) is 0.927. The predicted molar refractivity (Wildman–Crippen MR) is 81.6 cm³/mol. The van der Waals surface area contributed by atoms with Gasteiger partial charge in [0, 0.05) is 31.0 Å². The summed E-state index contributed by atoms with van der Waals surface area (Å²) in [5.41, 5.74) is 0.589. The van der Waals surface area contributed by atoms with E-state index in [1.54, 1.807) is 18.2 Å². The normalized spacial score (nSPS) is 16.7. The van der Waals surface area contributed by atoms with Gasteiger partial charge in [-0.05, 0) is 25.0 Å². The maximum absolute atomic E-state index is 11.9. The lowest BCUT2D eigenvalue weighted by atomic mass is 10.1. The van der Waals surface area contributed by atoms with Gasteiger partial charge in [0.05, 0.1) is 6.54 Å². The molecule has 0 aliphatic carbocycles. The molecule has 1 aromatic carbocycles. The quantitative estimate of drug-likeness (QED) is 0.763. The predicted octanol–water partition coefficient (Wildman–Crippen LogP) is 0.832. The lowest BCUT2D eigenvalue weighted by Crippen LogP contribution is -2.46. The van der Waals surface area contributed by atoms with Crippen molar-refractivity contribution in [2.45, 2.75) is 18.9 Å². The molecule has 0 atom stereocenters. The number of hydrogen-bond donors (Lipinski definition) is 3. The highest BCUT2D eigenvalue weighted by Crippen LogP contribution is 2.34. The van der Waals surface area contributed by atoms with E-state index in [0.717, 1.165) is 12.8 Å². The number of benzene rings is 1. The molecule has 1 saturated heterocycles. The van der Waals surface area contributed by atoms with Crippen molar-refractivity contribution < 1.29 is 23.8 Å². The van der Waals surface area contributed by atoms with Crippen LogP contribution in [0.15, 0.2) is 18.2 Å². The second-order valence-corrected chi connectivity index (χ2v) is 5.33. The average Bonchev–Trinajstić information content (AvgIpc) is 3.01. The molecule has 3 N–H and O–H groups in total. The molecule has 3 amide bonds. The first kappa shape index (κ1) is 15.4. The van der Waals surface area contributed by atoms with Gasteiger partial charge in [0.1, 0.15) is 0 Å². The molecule has 23 heavy (non-hydrogen) atoms. The molecule has 2 aliphatic heterocycles. The van der Waals surface area contributed by atoms with Crippen molar-refractivity contribution in [3.63, 3.8) is 0 Å². The van der Waals surface area contributed by atoms with Gasteiger partial charge >= 0.3 is 6.03 Å². The van der Waals surface area contributed by atoms with Crippen molar-refractivity contribution in [2.24, 2.45) is 0 Å².